The topological polar surface area (TPSA) is 44.5 Å². The lowest BCUT2D eigenvalue weighted by Crippen LogP contribution is -2.07. The van der Waals surface area contributed by atoms with Crippen LogP contribution in [0.3, 0.4) is 0 Å². The number of benzene rings is 1. The SMILES string of the molecule is CC1CCC(Cn2c(=S)[nH]c3c(C#N)cccc32)C1. The van der Waals surface area contributed by atoms with Gasteiger partial charge in [-0.05, 0) is 49.0 Å². The summed E-state index contributed by atoms with van der Waals surface area (Å²) in [5, 5.41) is 9.14. The second kappa shape index (κ2) is 4.82. The molecule has 1 aromatic heterocycles. The first-order chi connectivity index (χ1) is 9.19. The molecule has 3 rings (SSSR count). The van der Waals surface area contributed by atoms with Crippen LogP contribution in [0.5, 0.6) is 0 Å². The summed E-state index contributed by atoms with van der Waals surface area (Å²) in [6.45, 7) is 3.29. The van der Waals surface area contributed by atoms with Crippen molar-refractivity contribution in [1.29, 1.82) is 5.26 Å². The Bertz CT molecular complexity index is 704. The van der Waals surface area contributed by atoms with E-state index in [9.17, 15) is 0 Å². The average Bonchev–Trinajstić information content (AvgIpc) is 2.94. The molecule has 1 heterocycles. The maximum Gasteiger partial charge on any atom is 0.178 e. The van der Waals surface area contributed by atoms with E-state index in [2.05, 4.69) is 22.5 Å². The highest BCUT2D eigenvalue weighted by Crippen LogP contribution is 2.32. The van der Waals surface area contributed by atoms with E-state index in [0.29, 0.717) is 11.5 Å². The smallest absolute Gasteiger partial charge is 0.178 e. The second-order valence-corrected chi connectivity index (χ2v) is 6.02. The fourth-order valence-electron chi connectivity index (χ4n) is 3.20. The normalized spacial score (nSPS) is 22.7. The van der Waals surface area contributed by atoms with E-state index in [1.807, 2.05) is 18.2 Å². The Morgan fingerprint density at radius 3 is 3.00 bits per heavy atom. The summed E-state index contributed by atoms with van der Waals surface area (Å²) in [6.07, 6.45) is 3.89. The lowest BCUT2D eigenvalue weighted by molar-refractivity contribution is 0.444. The first kappa shape index (κ1) is 12.4. The Labute approximate surface area is 117 Å². The number of hydrogen-bond donors (Lipinski definition) is 1. The van der Waals surface area contributed by atoms with Crippen LogP contribution in [0.25, 0.3) is 11.0 Å². The molecular weight excluding hydrogens is 254 g/mol. The van der Waals surface area contributed by atoms with Crippen LogP contribution in [0.1, 0.15) is 31.7 Å². The van der Waals surface area contributed by atoms with E-state index in [4.69, 9.17) is 17.5 Å². The standard InChI is InChI=1S/C15H17N3S/c1-10-5-6-11(7-10)9-18-13-4-2-3-12(8-16)14(13)17-15(18)19/h2-4,10-11H,5-7,9H2,1H3,(H,17,19). The van der Waals surface area contributed by atoms with Gasteiger partial charge in [-0.1, -0.05) is 19.4 Å². The number of nitriles is 1. The summed E-state index contributed by atoms with van der Waals surface area (Å²) in [6, 6.07) is 8.02. The molecule has 0 bridgehead atoms. The van der Waals surface area contributed by atoms with Crippen LogP contribution < -0.4 is 0 Å². The maximum atomic E-state index is 9.14. The third-order valence-corrected chi connectivity index (χ3v) is 4.50. The first-order valence-electron chi connectivity index (χ1n) is 6.80. The number of H-pyrrole nitrogens is 1. The van der Waals surface area contributed by atoms with Crippen molar-refractivity contribution in [1.82, 2.24) is 9.55 Å². The van der Waals surface area contributed by atoms with Gasteiger partial charge in [-0.3, -0.25) is 0 Å². The van der Waals surface area contributed by atoms with E-state index in [-0.39, 0.29) is 0 Å². The van der Waals surface area contributed by atoms with Crippen molar-refractivity contribution in [3.05, 3.63) is 28.5 Å². The zero-order valence-electron chi connectivity index (χ0n) is 11.0. The molecule has 1 aliphatic rings. The minimum Gasteiger partial charge on any atom is -0.329 e. The van der Waals surface area contributed by atoms with Crippen LogP contribution in [0.4, 0.5) is 0 Å². The summed E-state index contributed by atoms with van der Waals surface area (Å²) in [5.41, 5.74) is 2.60. The van der Waals surface area contributed by atoms with Crippen LogP contribution in [0, 0.1) is 27.9 Å². The van der Waals surface area contributed by atoms with E-state index >= 15 is 0 Å². The van der Waals surface area contributed by atoms with Crippen molar-refractivity contribution in [3.63, 3.8) is 0 Å². The molecule has 2 unspecified atom stereocenters. The fourth-order valence-corrected chi connectivity index (χ4v) is 3.48. The van der Waals surface area contributed by atoms with Crippen molar-refractivity contribution < 1.29 is 0 Å². The summed E-state index contributed by atoms with van der Waals surface area (Å²) < 4.78 is 2.89. The number of fused-ring (bicyclic) bond motifs is 1. The highest BCUT2D eigenvalue weighted by molar-refractivity contribution is 7.71. The largest absolute Gasteiger partial charge is 0.329 e. The van der Waals surface area contributed by atoms with Crippen LogP contribution in [-0.4, -0.2) is 9.55 Å². The van der Waals surface area contributed by atoms with Gasteiger partial charge in [-0.25, -0.2) is 0 Å². The number of para-hydroxylation sites is 1. The number of imidazole rings is 1. The fraction of sp³-hybridized carbons (Fsp3) is 0.467. The Morgan fingerprint density at radius 1 is 1.47 bits per heavy atom. The van der Waals surface area contributed by atoms with Gasteiger partial charge in [0.1, 0.15) is 6.07 Å². The molecule has 4 heteroatoms. The van der Waals surface area contributed by atoms with Gasteiger partial charge < -0.3 is 9.55 Å². The molecule has 2 atom stereocenters. The highest BCUT2D eigenvalue weighted by Gasteiger charge is 2.22. The lowest BCUT2D eigenvalue weighted by Gasteiger charge is -2.11. The van der Waals surface area contributed by atoms with E-state index in [0.717, 1.165) is 28.3 Å². The molecule has 1 fully saturated rings. The van der Waals surface area contributed by atoms with Gasteiger partial charge in [0, 0.05) is 6.54 Å². The van der Waals surface area contributed by atoms with E-state index in [1.54, 1.807) is 0 Å². The van der Waals surface area contributed by atoms with Crippen molar-refractivity contribution in [2.45, 2.75) is 32.7 Å². The highest BCUT2D eigenvalue weighted by atomic mass is 32.1. The Hall–Kier alpha value is -1.60. The minimum atomic E-state index is 0.669. The molecule has 0 saturated heterocycles. The molecule has 2 aromatic rings. The molecule has 1 aliphatic carbocycles. The van der Waals surface area contributed by atoms with Gasteiger partial charge in [0.25, 0.3) is 0 Å². The predicted octanol–water partition coefficient (Wildman–Crippen LogP) is 4.01. The second-order valence-electron chi connectivity index (χ2n) is 5.64. The number of nitrogens with zero attached hydrogens (tertiary/aromatic N) is 2. The number of nitrogens with one attached hydrogen (secondary N) is 1. The third kappa shape index (κ3) is 2.19. The molecule has 1 N–H and O–H groups in total. The van der Waals surface area contributed by atoms with Crippen LogP contribution in [-0.2, 0) is 6.54 Å². The summed E-state index contributed by atoms with van der Waals surface area (Å²) >= 11 is 5.42. The quantitative estimate of drug-likeness (QED) is 0.839. The molecule has 98 valence electrons. The number of aromatic amines is 1. The van der Waals surface area contributed by atoms with Crippen LogP contribution in [0.15, 0.2) is 18.2 Å². The van der Waals surface area contributed by atoms with Crippen molar-refractivity contribution in [2.75, 3.05) is 0 Å². The molecule has 3 nitrogen and oxygen atoms in total. The predicted molar refractivity (Wildman–Crippen MR) is 78.3 cm³/mol. The summed E-state index contributed by atoms with van der Waals surface area (Å²) in [4.78, 5) is 3.19. The van der Waals surface area contributed by atoms with Crippen molar-refractivity contribution >= 4 is 23.3 Å². The zero-order valence-corrected chi connectivity index (χ0v) is 11.8. The van der Waals surface area contributed by atoms with Crippen molar-refractivity contribution in [3.8, 4) is 6.07 Å². The maximum absolute atomic E-state index is 9.14. The van der Waals surface area contributed by atoms with Gasteiger partial charge in [-0.15, -0.1) is 0 Å². The molecule has 1 aromatic carbocycles. The van der Waals surface area contributed by atoms with Crippen LogP contribution in [0.2, 0.25) is 0 Å². The number of rotatable bonds is 2. The first-order valence-corrected chi connectivity index (χ1v) is 7.21. The Balaban J connectivity index is 2.02. The summed E-state index contributed by atoms with van der Waals surface area (Å²) in [7, 11) is 0. The van der Waals surface area contributed by atoms with Gasteiger partial charge in [0.15, 0.2) is 4.77 Å². The third-order valence-electron chi connectivity index (χ3n) is 4.17. The number of hydrogen-bond acceptors (Lipinski definition) is 2. The molecule has 0 spiro atoms. The van der Waals surface area contributed by atoms with Gasteiger partial charge in [-0.2, -0.15) is 5.26 Å². The molecular formula is C15H17N3S. The van der Waals surface area contributed by atoms with Crippen LogP contribution >= 0.6 is 12.2 Å². The Kier molecular flexibility index (Phi) is 3.16. The molecule has 0 amide bonds. The van der Waals surface area contributed by atoms with E-state index in [1.165, 1.54) is 19.3 Å². The van der Waals surface area contributed by atoms with Gasteiger partial charge in [0.05, 0.1) is 16.6 Å². The van der Waals surface area contributed by atoms with E-state index < -0.39 is 0 Å². The molecule has 0 aliphatic heterocycles. The molecule has 1 saturated carbocycles. The average molecular weight is 271 g/mol. The van der Waals surface area contributed by atoms with Gasteiger partial charge in [0.2, 0.25) is 0 Å². The zero-order chi connectivity index (χ0) is 13.4. The monoisotopic (exact) mass is 271 g/mol. The lowest BCUT2D eigenvalue weighted by atomic mass is 10.1. The van der Waals surface area contributed by atoms with Crippen molar-refractivity contribution in [2.24, 2.45) is 11.8 Å². The molecule has 19 heavy (non-hydrogen) atoms. The Morgan fingerprint density at radius 2 is 2.32 bits per heavy atom. The summed E-state index contributed by atoms with van der Waals surface area (Å²) in [5.74, 6) is 1.55. The molecule has 0 radical (unpaired) electrons. The minimum absolute atomic E-state index is 0.669. The number of aromatic nitrogens is 2. The van der Waals surface area contributed by atoms with Gasteiger partial charge >= 0.3 is 0 Å².